The Hall–Kier alpha value is -0.650. The van der Waals surface area contributed by atoms with E-state index in [0.717, 1.165) is 6.54 Å². The van der Waals surface area contributed by atoms with E-state index in [1.165, 1.54) is 0 Å². The largest absolute Gasteiger partial charge is 0.352 e. The van der Waals surface area contributed by atoms with Crippen LogP contribution in [-0.2, 0) is 14.3 Å². The number of nitrogens with zero attached hydrogens (tertiary/aromatic N) is 2. The van der Waals surface area contributed by atoms with E-state index < -0.39 is 0 Å². The number of amides is 1. The quantitative estimate of drug-likeness (QED) is 0.564. The number of carbonyl (C=O) groups excluding carboxylic acids is 1. The van der Waals surface area contributed by atoms with Crippen molar-refractivity contribution in [1.29, 1.82) is 0 Å². The molecule has 0 aromatic carbocycles. The summed E-state index contributed by atoms with van der Waals surface area (Å²) >= 11 is 0. The monoisotopic (exact) mass is 246 g/mol. The summed E-state index contributed by atoms with van der Waals surface area (Å²) in [6.45, 7) is 8.96. The van der Waals surface area contributed by atoms with E-state index in [9.17, 15) is 4.79 Å². The second kappa shape index (κ2) is 9.39. The van der Waals surface area contributed by atoms with Crippen molar-refractivity contribution < 1.29 is 14.3 Å². The van der Waals surface area contributed by atoms with Gasteiger partial charge >= 0.3 is 0 Å². The molecule has 0 N–H and O–H groups in total. The lowest BCUT2D eigenvalue weighted by Crippen LogP contribution is -2.41. The van der Waals surface area contributed by atoms with Crippen LogP contribution in [0.4, 0.5) is 0 Å². The third-order valence-corrected chi connectivity index (χ3v) is 2.42. The maximum atomic E-state index is 11.6. The van der Waals surface area contributed by atoms with Crippen LogP contribution in [0.1, 0.15) is 20.8 Å². The molecule has 0 spiro atoms. The maximum absolute atomic E-state index is 11.6. The Kier molecular flexibility index (Phi) is 9.03. The van der Waals surface area contributed by atoms with Gasteiger partial charge in [-0.05, 0) is 20.4 Å². The van der Waals surface area contributed by atoms with Gasteiger partial charge < -0.3 is 14.4 Å². The molecule has 0 saturated carbocycles. The molecule has 5 nitrogen and oxygen atoms in total. The van der Waals surface area contributed by atoms with Gasteiger partial charge in [0.1, 0.15) is 0 Å². The summed E-state index contributed by atoms with van der Waals surface area (Å²) in [5.74, 6) is 0.0959. The van der Waals surface area contributed by atoms with E-state index in [4.69, 9.17) is 9.47 Å². The van der Waals surface area contributed by atoms with Crippen LogP contribution in [-0.4, -0.2) is 68.9 Å². The summed E-state index contributed by atoms with van der Waals surface area (Å²) in [7, 11) is 3.53. The molecule has 0 saturated heterocycles. The van der Waals surface area contributed by atoms with Crippen LogP contribution in [0.25, 0.3) is 0 Å². The van der Waals surface area contributed by atoms with Gasteiger partial charge in [-0.3, -0.25) is 9.69 Å². The summed E-state index contributed by atoms with van der Waals surface area (Å²) in [4.78, 5) is 15.2. The molecule has 1 amide bonds. The lowest BCUT2D eigenvalue weighted by molar-refractivity contribution is -0.150. The Morgan fingerprint density at radius 2 is 1.65 bits per heavy atom. The molecule has 0 fully saturated rings. The molecule has 17 heavy (non-hydrogen) atoms. The molecule has 0 heterocycles. The van der Waals surface area contributed by atoms with Gasteiger partial charge in [0.15, 0.2) is 6.29 Å². The molecule has 0 aliphatic carbocycles. The van der Waals surface area contributed by atoms with Crippen LogP contribution in [0.2, 0.25) is 0 Å². The van der Waals surface area contributed by atoms with Gasteiger partial charge in [0, 0.05) is 27.3 Å². The number of carbonyl (C=O) groups is 1. The van der Waals surface area contributed by atoms with Gasteiger partial charge in [-0.1, -0.05) is 6.92 Å². The summed E-state index contributed by atoms with van der Waals surface area (Å²) < 4.78 is 10.9. The molecule has 102 valence electrons. The molecule has 0 radical (unpaired) electrons. The molecular weight excluding hydrogens is 220 g/mol. The predicted molar refractivity (Wildman–Crippen MR) is 67.8 cm³/mol. The van der Waals surface area contributed by atoms with Gasteiger partial charge in [-0.15, -0.1) is 0 Å². The third-order valence-electron chi connectivity index (χ3n) is 2.42. The average Bonchev–Trinajstić information content (AvgIpc) is 2.28. The predicted octanol–water partition coefficient (Wildman–Crippen LogP) is 0.796. The molecule has 0 atom stereocenters. The van der Waals surface area contributed by atoms with Crippen molar-refractivity contribution in [2.24, 2.45) is 0 Å². The molecule has 0 rings (SSSR count). The first kappa shape index (κ1) is 16.4. The van der Waals surface area contributed by atoms with Crippen molar-refractivity contribution in [3.63, 3.8) is 0 Å². The Morgan fingerprint density at radius 3 is 2.00 bits per heavy atom. The number of likely N-dealkylation sites (N-methyl/N-ethyl adjacent to an activating group) is 2. The van der Waals surface area contributed by atoms with E-state index >= 15 is 0 Å². The fraction of sp³-hybridized carbons (Fsp3) is 0.917. The highest BCUT2D eigenvalue weighted by molar-refractivity contribution is 5.77. The first-order valence-electron chi connectivity index (χ1n) is 6.20. The van der Waals surface area contributed by atoms with Gasteiger partial charge in [-0.2, -0.15) is 0 Å². The van der Waals surface area contributed by atoms with E-state index in [2.05, 4.69) is 0 Å². The van der Waals surface area contributed by atoms with E-state index in [0.29, 0.717) is 26.3 Å². The van der Waals surface area contributed by atoms with Crippen molar-refractivity contribution in [2.45, 2.75) is 27.1 Å². The number of hydrogen-bond donors (Lipinski definition) is 0. The fourth-order valence-electron chi connectivity index (χ4n) is 1.37. The molecule has 0 aromatic rings. The van der Waals surface area contributed by atoms with Gasteiger partial charge in [0.05, 0.1) is 13.1 Å². The standard InChI is InChI=1S/C12H26N2O3/c1-6-14(9-11(15)13(4)5)10-12(16-7-2)17-8-3/h12H,6-10H2,1-5H3. The van der Waals surface area contributed by atoms with Gasteiger partial charge in [-0.25, -0.2) is 0 Å². The molecule has 5 heteroatoms. The Morgan fingerprint density at radius 1 is 1.12 bits per heavy atom. The normalized spacial score (nSPS) is 11.2. The SMILES string of the molecule is CCOC(CN(CC)CC(=O)N(C)C)OCC. The zero-order chi connectivity index (χ0) is 13.3. The minimum Gasteiger partial charge on any atom is -0.352 e. The van der Waals surface area contributed by atoms with E-state index in [1.54, 1.807) is 19.0 Å². The molecule has 0 bridgehead atoms. The Labute approximate surface area is 105 Å². The summed E-state index contributed by atoms with van der Waals surface area (Å²) in [5, 5.41) is 0. The second-order valence-electron chi connectivity index (χ2n) is 3.96. The van der Waals surface area contributed by atoms with Crippen LogP contribution >= 0.6 is 0 Å². The molecule has 0 aliphatic rings. The average molecular weight is 246 g/mol. The van der Waals surface area contributed by atoms with Crippen molar-refractivity contribution in [3.05, 3.63) is 0 Å². The lowest BCUT2D eigenvalue weighted by Gasteiger charge is -2.26. The van der Waals surface area contributed by atoms with Crippen LogP contribution in [0.15, 0.2) is 0 Å². The summed E-state index contributed by atoms with van der Waals surface area (Å²) in [6, 6.07) is 0. The highest BCUT2D eigenvalue weighted by Gasteiger charge is 2.16. The van der Waals surface area contributed by atoms with Crippen molar-refractivity contribution in [3.8, 4) is 0 Å². The zero-order valence-electron chi connectivity index (χ0n) is 11.7. The minimum absolute atomic E-state index is 0.0959. The number of ether oxygens (including phenoxy) is 2. The second-order valence-corrected chi connectivity index (χ2v) is 3.96. The lowest BCUT2D eigenvalue weighted by atomic mass is 10.4. The Balaban J connectivity index is 4.19. The van der Waals surface area contributed by atoms with Crippen molar-refractivity contribution in [1.82, 2.24) is 9.80 Å². The molecule has 0 unspecified atom stereocenters. The Bertz CT molecular complexity index is 204. The maximum Gasteiger partial charge on any atom is 0.236 e. The first-order chi connectivity index (χ1) is 8.04. The fourth-order valence-corrected chi connectivity index (χ4v) is 1.37. The molecular formula is C12H26N2O3. The first-order valence-corrected chi connectivity index (χ1v) is 6.20. The highest BCUT2D eigenvalue weighted by Crippen LogP contribution is 2.00. The van der Waals surface area contributed by atoms with Crippen LogP contribution in [0, 0.1) is 0 Å². The van der Waals surface area contributed by atoms with E-state index in [-0.39, 0.29) is 12.2 Å². The zero-order valence-corrected chi connectivity index (χ0v) is 11.7. The minimum atomic E-state index is -0.250. The smallest absolute Gasteiger partial charge is 0.236 e. The van der Waals surface area contributed by atoms with Crippen LogP contribution < -0.4 is 0 Å². The summed E-state index contributed by atoms with van der Waals surface area (Å²) in [5.41, 5.74) is 0. The summed E-state index contributed by atoms with van der Waals surface area (Å²) in [6.07, 6.45) is -0.250. The van der Waals surface area contributed by atoms with Crippen molar-refractivity contribution in [2.75, 3.05) is 46.9 Å². The molecule has 0 aliphatic heterocycles. The van der Waals surface area contributed by atoms with Crippen LogP contribution in [0.3, 0.4) is 0 Å². The van der Waals surface area contributed by atoms with Crippen LogP contribution in [0.5, 0.6) is 0 Å². The topological polar surface area (TPSA) is 42.0 Å². The molecule has 0 aromatic heterocycles. The third kappa shape index (κ3) is 7.31. The van der Waals surface area contributed by atoms with Gasteiger partial charge in [0.25, 0.3) is 0 Å². The number of hydrogen-bond acceptors (Lipinski definition) is 4. The van der Waals surface area contributed by atoms with E-state index in [1.807, 2.05) is 25.7 Å². The number of rotatable bonds is 9. The highest BCUT2D eigenvalue weighted by atomic mass is 16.7. The van der Waals surface area contributed by atoms with Crippen molar-refractivity contribution >= 4 is 5.91 Å². The van der Waals surface area contributed by atoms with Gasteiger partial charge in [0.2, 0.25) is 5.91 Å².